The van der Waals surface area contributed by atoms with Gasteiger partial charge in [0.05, 0.1) is 6.61 Å². The topological polar surface area (TPSA) is 20.2 Å². The van der Waals surface area contributed by atoms with Crippen LogP contribution < -0.4 is 0 Å². The first kappa shape index (κ1) is 21.2. The van der Waals surface area contributed by atoms with E-state index in [-0.39, 0.29) is 6.61 Å². The Morgan fingerprint density at radius 3 is 1.71 bits per heavy atom. The molecule has 1 aromatic rings. The number of benzene rings is 1. The van der Waals surface area contributed by atoms with Crippen molar-refractivity contribution >= 4 is 0 Å². The zero-order valence-electron chi connectivity index (χ0n) is 16.3. The van der Waals surface area contributed by atoms with Crippen molar-refractivity contribution in [2.75, 3.05) is 0 Å². The first-order chi connectivity index (χ1) is 11.8. The summed E-state index contributed by atoms with van der Waals surface area (Å²) in [5, 5.41) is 9.50. The van der Waals surface area contributed by atoms with E-state index in [0.717, 1.165) is 12.0 Å². The van der Waals surface area contributed by atoms with Crippen LogP contribution in [0.5, 0.6) is 0 Å². The minimum absolute atomic E-state index is 0.181. The van der Waals surface area contributed by atoms with E-state index >= 15 is 0 Å². The van der Waals surface area contributed by atoms with Crippen molar-refractivity contribution in [2.45, 2.75) is 110 Å². The predicted octanol–water partition coefficient (Wildman–Crippen LogP) is 7.12. The average molecular weight is 333 g/mol. The molecule has 0 saturated carbocycles. The smallest absolute Gasteiger partial charge is 0.0687 e. The monoisotopic (exact) mass is 332 g/mol. The van der Waals surface area contributed by atoms with Crippen LogP contribution in [0.2, 0.25) is 0 Å². The highest BCUT2D eigenvalue weighted by Gasteiger charge is 2.04. The lowest BCUT2D eigenvalue weighted by molar-refractivity contribution is 0.279. The lowest BCUT2D eigenvalue weighted by Gasteiger charge is -2.10. The molecule has 0 amide bonds. The molecule has 0 unspecified atom stereocenters. The van der Waals surface area contributed by atoms with Crippen LogP contribution in [-0.4, -0.2) is 5.11 Å². The summed E-state index contributed by atoms with van der Waals surface area (Å²) in [6.45, 7) is 4.56. The summed E-state index contributed by atoms with van der Waals surface area (Å²) in [5.41, 5.74) is 3.72. The molecule has 1 nitrogen and oxygen atoms in total. The zero-order chi connectivity index (χ0) is 17.5. The molecule has 1 heteroatoms. The number of hydrogen-bond acceptors (Lipinski definition) is 1. The van der Waals surface area contributed by atoms with Crippen molar-refractivity contribution in [1.82, 2.24) is 0 Å². The molecule has 0 bridgehead atoms. The summed E-state index contributed by atoms with van der Waals surface area (Å²) in [7, 11) is 0. The highest BCUT2D eigenvalue weighted by molar-refractivity contribution is 5.33. The maximum Gasteiger partial charge on any atom is 0.0687 e. The molecule has 1 N–H and O–H groups in total. The quantitative estimate of drug-likeness (QED) is 0.339. The average Bonchev–Trinajstić information content (AvgIpc) is 2.59. The van der Waals surface area contributed by atoms with Crippen molar-refractivity contribution in [2.24, 2.45) is 0 Å². The summed E-state index contributed by atoms with van der Waals surface area (Å²) >= 11 is 0. The highest BCUT2D eigenvalue weighted by atomic mass is 16.3. The summed E-state index contributed by atoms with van der Waals surface area (Å²) < 4.78 is 0. The maximum atomic E-state index is 9.50. The van der Waals surface area contributed by atoms with Crippen molar-refractivity contribution < 1.29 is 5.11 Å². The van der Waals surface area contributed by atoms with E-state index in [9.17, 15) is 5.11 Å². The van der Waals surface area contributed by atoms with Crippen molar-refractivity contribution in [1.29, 1.82) is 0 Å². The SMILES string of the molecule is CCCCCCCCCCCCCCCc1cccc(C)c1CO. The first-order valence-corrected chi connectivity index (χ1v) is 10.5. The summed E-state index contributed by atoms with van der Waals surface area (Å²) in [6.07, 6.45) is 19.3. The molecule has 138 valence electrons. The summed E-state index contributed by atoms with van der Waals surface area (Å²) in [6, 6.07) is 6.39. The molecule has 0 aliphatic heterocycles. The first-order valence-electron chi connectivity index (χ1n) is 10.5. The lowest BCUT2D eigenvalue weighted by atomic mass is 9.97. The van der Waals surface area contributed by atoms with Crippen molar-refractivity contribution in [3.05, 3.63) is 34.9 Å². The van der Waals surface area contributed by atoms with Crippen LogP contribution >= 0.6 is 0 Å². The van der Waals surface area contributed by atoms with Gasteiger partial charge in [0.1, 0.15) is 0 Å². The molecule has 0 aliphatic rings. The predicted molar refractivity (Wildman–Crippen MR) is 107 cm³/mol. The van der Waals surface area contributed by atoms with E-state index in [1.807, 2.05) is 0 Å². The van der Waals surface area contributed by atoms with Gasteiger partial charge in [0.15, 0.2) is 0 Å². The van der Waals surface area contributed by atoms with Gasteiger partial charge in [-0.25, -0.2) is 0 Å². The lowest BCUT2D eigenvalue weighted by Crippen LogP contribution is -1.97. The van der Waals surface area contributed by atoms with Crippen molar-refractivity contribution in [3.63, 3.8) is 0 Å². The molecule has 1 rings (SSSR count). The summed E-state index contributed by atoms with van der Waals surface area (Å²) in [4.78, 5) is 0. The molecule has 0 atom stereocenters. The Bertz CT molecular complexity index is 410. The van der Waals surface area contributed by atoms with Crippen molar-refractivity contribution in [3.8, 4) is 0 Å². The van der Waals surface area contributed by atoms with Crippen LogP contribution in [0.15, 0.2) is 18.2 Å². The number of unbranched alkanes of at least 4 members (excludes halogenated alkanes) is 12. The van der Waals surface area contributed by atoms with E-state index in [4.69, 9.17) is 0 Å². The normalized spacial score (nSPS) is 11.1. The molecular weight excluding hydrogens is 292 g/mol. The van der Waals surface area contributed by atoms with E-state index < -0.39 is 0 Å². The Balaban J connectivity index is 1.93. The standard InChI is InChI=1S/C23H40O/c1-3-4-5-6-7-8-9-10-11-12-13-14-15-18-22-19-16-17-21(2)23(22)20-24/h16-17,19,24H,3-15,18,20H2,1-2H3. The number of aliphatic hydroxyl groups is 1. The van der Waals surface area contributed by atoms with Crippen LogP contribution in [0.3, 0.4) is 0 Å². The second kappa shape index (κ2) is 14.5. The van der Waals surface area contributed by atoms with Gasteiger partial charge >= 0.3 is 0 Å². The third kappa shape index (κ3) is 9.47. The zero-order valence-corrected chi connectivity index (χ0v) is 16.3. The Hall–Kier alpha value is -0.820. The molecule has 0 saturated heterocycles. The van der Waals surface area contributed by atoms with Gasteiger partial charge in [-0.2, -0.15) is 0 Å². The number of hydrogen-bond donors (Lipinski definition) is 1. The second-order valence-corrected chi connectivity index (χ2v) is 7.36. The molecule has 0 radical (unpaired) electrons. The van der Waals surface area contributed by atoms with E-state index in [1.165, 1.54) is 94.6 Å². The van der Waals surface area contributed by atoms with Gasteiger partial charge in [-0.3, -0.25) is 0 Å². The Morgan fingerprint density at radius 1 is 0.708 bits per heavy atom. The highest BCUT2D eigenvalue weighted by Crippen LogP contribution is 2.18. The molecular formula is C23H40O. The van der Waals surface area contributed by atoms with Crippen LogP contribution in [0.1, 0.15) is 107 Å². The van der Waals surface area contributed by atoms with E-state index in [0.29, 0.717) is 0 Å². The van der Waals surface area contributed by atoms with Crippen LogP contribution in [0.4, 0.5) is 0 Å². The fourth-order valence-corrected chi connectivity index (χ4v) is 3.56. The van der Waals surface area contributed by atoms with Crippen LogP contribution in [-0.2, 0) is 13.0 Å². The largest absolute Gasteiger partial charge is 0.392 e. The number of aliphatic hydroxyl groups excluding tert-OH is 1. The maximum absolute atomic E-state index is 9.50. The van der Waals surface area contributed by atoms with Crippen LogP contribution in [0.25, 0.3) is 0 Å². The minimum Gasteiger partial charge on any atom is -0.392 e. The van der Waals surface area contributed by atoms with Gasteiger partial charge in [0.2, 0.25) is 0 Å². The van der Waals surface area contributed by atoms with Gasteiger partial charge in [0.25, 0.3) is 0 Å². The van der Waals surface area contributed by atoms with Crippen LogP contribution in [0, 0.1) is 6.92 Å². The third-order valence-electron chi connectivity index (χ3n) is 5.22. The molecule has 0 aliphatic carbocycles. The van der Waals surface area contributed by atoms with Gasteiger partial charge in [-0.05, 0) is 36.5 Å². The van der Waals surface area contributed by atoms with E-state index in [1.54, 1.807) is 0 Å². The van der Waals surface area contributed by atoms with Gasteiger partial charge in [-0.1, -0.05) is 102 Å². The van der Waals surface area contributed by atoms with E-state index in [2.05, 4.69) is 32.0 Å². The van der Waals surface area contributed by atoms with Gasteiger partial charge in [-0.15, -0.1) is 0 Å². The molecule has 24 heavy (non-hydrogen) atoms. The van der Waals surface area contributed by atoms with Gasteiger partial charge in [0, 0.05) is 0 Å². The molecule has 0 heterocycles. The molecule has 1 aromatic carbocycles. The van der Waals surface area contributed by atoms with Gasteiger partial charge < -0.3 is 5.11 Å². The number of rotatable bonds is 15. The number of aryl methyl sites for hydroxylation is 2. The Morgan fingerprint density at radius 2 is 1.21 bits per heavy atom. The fraction of sp³-hybridized carbons (Fsp3) is 0.739. The molecule has 0 spiro atoms. The fourth-order valence-electron chi connectivity index (χ4n) is 3.56. The summed E-state index contributed by atoms with van der Waals surface area (Å²) in [5.74, 6) is 0. The third-order valence-corrected chi connectivity index (χ3v) is 5.22. The Labute approximate surface area is 150 Å². The Kier molecular flexibility index (Phi) is 12.8. The molecule has 0 aromatic heterocycles. The molecule has 0 fully saturated rings. The second-order valence-electron chi connectivity index (χ2n) is 7.36. The minimum atomic E-state index is 0.181.